The van der Waals surface area contributed by atoms with E-state index in [1.807, 2.05) is 6.92 Å². The van der Waals surface area contributed by atoms with Gasteiger partial charge in [-0.25, -0.2) is 0 Å². The molecule has 0 aromatic carbocycles. The van der Waals surface area contributed by atoms with Crippen LogP contribution in [0.2, 0.25) is 0 Å². The summed E-state index contributed by atoms with van der Waals surface area (Å²) >= 11 is 0. The van der Waals surface area contributed by atoms with Crippen molar-refractivity contribution in [1.29, 1.82) is 0 Å². The van der Waals surface area contributed by atoms with Crippen molar-refractivity contribution in [3.05, 3.63) is 21.8 Å². The molecule has 13 heavy (non-hydrogen) atoms. The minimum Gasteiger partial charge on any atom is -0.411 e. The Hall–Kier alpha value is -1.39. The van der Waals surface area contributed by atoms with Gasteiger partial charge in [0.1, 0.15) is 0 Å². The smallest absolute Gasteiger partial charge is 0.231 e. The van der Waals surface area contributed by atoms with Crippen LogP contribution in [0.5, 0.6) is 0 Å². The number of allylic oxidation sites excluding steroid dienone is 1. The quantitative estimate of drug-likeness (QED) is 0.315. The second kappa shape index (κ2) is 5.29. The SMILES string of the molecule is CC/C(=C\C(C)=N\O)C(C)[N+](=O)[O-]. The summed E-state index contributed by atoms with van der Waals surface area (Å²) in [6.45, 7) is 4.93. The van der Waals surface area contributed by atoms with Gasteiger partial charge in [-0.15, -0.1) is 0 Å². The van der Waals surface area contributed by atoms with Crippen LogP contribution in [0.15, 0.2) is 16.8 Å². The molecule has 0 bridgehead atoms. The van der Waals surface area contributed by atoms with Crippen LogP contribution in [0.4, 0.5) is 0 Å². The van der Waals surface area contributed by atoms with Crippen molar-refractivity contribution in [2.75, 3.05) is 0 Å². The Kier molecular flexibility index (Phi) is 4.72. The second-order valence-corrected chi connectivity index (χ2v) is 2.78. The third-order valence-corrected chi connectivity index (χ3v) is 1.81. The first kappa shape index (κ1) is 11.6. The highest BCUT2D eigenvalue weighted by Gasteiger charge is 2.17. The summed E-state index contributed by atoms with van der Waals surface area (Å²) in [6, 6.07) is -0.721. The molecular formula is C8H14N2O3. The molecule has 0 spiro atoms. The Morgan fingerprint density at radius 1 is 1.77 bits per heavy atom. The molecule has 0 radical (unpaired) electrons. The van der Waals surface area contributed by atoms with Crippen molar-refractivity contribution in [2.24, 2.45) is 5.16 Å². The lowest BCUT2D eigenvalue weighted by molar-refractivity contribution is -0.507. The molecule has 0 rings (SSSR count). The van der Waals surface area contributed by atoms with E-state index in [2.05, 4.69) is 5.16 Å². The number of oxime groups is 1. The molecule has 0 saturated heterocycles. The van der Waals surface area contributed by atoms with Gasteiger partial charge >= 0.3 is 0 Å². The molecule has 1 N–H and O–H groups in total. The van der Waals surface area contributed by atoms with Gasteiger partial charge in [-0.05, 0) is 19.4 Å². The molecule has 5 heteroatoms. The number of hydrogen-bond donors (Lipinski definition) is 1. The predicted molar refractivity (Wildman–Crippen MR) is 49.7 cm³/mol. The van der Waals surface area contributed by atoms with E-state index in [4.69, 9.17) is 5.21 Å². The van der Waals surface area contributed by atoms with Crippen LogP contribution in [-0.2, 0) is 0 Å². The van der Waals surface area contributed by atoms with Gasteiger partial charge < -0.3 is 5.21 Å². The fraction of sp³-hybridized carbons (Fsp3) is 0.625. The minimum absolute atomic E-state index is 0.361. The number of nitrogens with zero attached hydrogens (tertiary/aromatic N) is 2. The second-order valence-electron chi connectivity index (χ2n) is 2.78. The highest BCUT2D eigenvalue weighted by Crippen LogP contribution is 2.09. The molecule has 0 amide bonds. The highest BCUT2D eigenvalue weighted by atomic mass is 16.6. The fourth-order valence-electron chi connectivity index (χ4n) is 0.951. The summed E-state index contributed by atoms with van der Waals surface area (Å²) in [5.41, 5.74) is 1.03. The molecule has 5 nitrogen and oxygen atoms in total. The molecule has 0 aliphatic carbocycles. The van der Waals surface area contributed by atoms with E-state index < -0.39 is 6.04 Å². The van der Waals surface area contributed by atoms with Crippen LogP contribution in [0, 0.1) is 10.1 Å². The van der Waals surface area contributed by atoms with E-state index >= 15 is 0 Å². The van der Waals surface area contributed by atoms with Crippen LogP contribution in [0.1, 0.15) is 27.2 Å². The lowest BCUT2D eigenvalue weighted by Crippen LogP contribution is -2.18. The summed E-state index contributed by atoms with van der Waals surface area (Å²) in [5.74, 6) is 0. The maximum absolute atomic E-state index is 10.4. The van der Waals surface area contributed by atoms with Crippen molar-refractivity contribution < 1.29 is 10.1 Å². The highest BCUT2D eigenvalue weighted by molar-refractivity contribution is 5.92. The summed E-state index contributed by atoms with van der Waals surface area (Å²) < 4.78 is 0. The Bertz CT molecular complexity index is 246. The van der Waals surface area contributed by atoms with Gasteiger partial charge in [-0.2, -0.15) is 0 Å². The first-order valence-corrected chi connectivity index (χ1v) is 4.05. The zero-order valence-electron chi connectivity index (χ0n) is 8.02. The van der Waals surface area contributed by atoms with Gasteiger partial charge in [-0.1, -0.05) is 12.1 Å². The molecule has 0 aliphatic rings. The van der Waals surface area contributed by atoms with Gasteiger partial charge in [0.2, 0.25) is 6.04 Å². The fourth-order valence-corrected chi connectivity index (χ4v) is 0.951. The lowest BCUT2D eigenvalue weighted by Gasteiger charge is -2.05. The van der Waals surface area contributed by atoms with Crippen molar-refractivity contribution in [2.45, 2.75) is 33.2 Å². The Labute approximate surface area is 76.9 Å². The van der Waals surface area contributed by atoms with E-state index in [1.54, 1.807) is 6.92 Å². The molecule has 0 aliphatic heterocycles. The third kappa shape index (κ3) is 3.68. The summed E-state index contributed by atoms with van der Waals surface area (Å²) in [7, 11) is 0. The van der Waals surface area contributed by atoms with Gasteiger partial charge in [0.15, 0.2) is 0 Å². The van der Waals surface area contributed by atoms with E-state index in [9.17, 15) is 10.1 Å². The van der Waals surface area contributed by atoms with Gasteiger partial charge in [0, 0.05) is 17.4 Å². The number of hydrogen-bond acceptors (Lipinski definition) is 4. The maximum Gasteiger partial charge on any atom is 0.231 e. The molecule has 0 saturated carbocycles. The standard InChI is InChI=1S/C8H14N2O3/c1-4-8(5-6(2)9-11)7(3)10(12)13/h5,7,11H,4H2,1-3H3/b8-5+,9-6+. The summed E-state index contributed by atoms with van der Waals surface area (Å²) in [6.07, 6.45) is 2.11. The Balaban J connectivity index is 4.69. The topological polar surface area (TPSA) is 75.7 Å². The van der Waals surface area contributed by atoms with Crippen molar-refractivity contribution in [1.82, 2.24) is 0 Å². The molecule has 0 heterocycles. The van der Waals surface area contributed by atoms with Crippen LogP contribution in [-0.4, -0.2) is 21.9 Å². The number of nitro groups is 1. The van der Waals surface area contributed by atoms with Crippen molar-refractivity contribution in [3.63, 3.8) is 0 Å². The Morgan fingerprint density at radius 2 is 2.31 bits per heavy atom. The zero-order chi connectivity index (χ0) is 10.4. The van der Waals surface area contributed by atoms with Gasteiger partial charge in [0.05, 0.1) is 5.71 Å². The van der Waals surface area contributed by atoms with E-state index in [0.29, 0.717) is 17.7 Å². The van der Waals surface area contributed by atoms with Gasteiger partial charge in [0.25, 0.3) is 0 Å². The van der Waals surface area contributed by atoms with E-state index in [-0.39, 0.29) is 4.92 Å². The number of rotatable bonds is 4. The first-order valence-electron chi connectivity index (χ1n) is 4.05. The van der Waals surface area contributed by atoms with Crippen LogP contribution in [0.3, 0.4) is 0 Å². The van der Waals surface area contributed by atoms with E-state index in [1.165, 1.54) is 13.0 Å². The lowest BCUT2D eigenvalue weighted by atomic mass is 10.1. The average Bonchev–Trinajstić information content (AvgIpc) is 2.12. The molecule has 1 atom stereocenters. The van der Waals surface area contributed by atoms with Crippen LogP contribution in [0.25, 0.3) is 0 Å². The average molecular weight is 186 g/mol. The monoisotopic (exact) mass is 186 g/mol. The normalized spacial score (nSPS) is 15.6. The van der Waals surface area contributed by atoms with Crippen LogP contribution >= 0.6 is 0 Å². The van der Waals surface area contributed by atoms with Gasteiger partial charge in [-0.3, -0.25) is 10.1 Å². The molecule has 0 aromatic heterocycles. The third-order valence-electron chi connectivity index (χ3n) is 1.81. The largest absolute Gasteiger partial charge is 0.411 e. The summed E-state index contributed by atoms with van der Waals surface area (Å²) in [5, 5.41) is 21.7. The Morgan fingerprint density at radius 3 is 2.62 bits per heavy atom. The molecule has 1 unspecified atom stereocenters. The summed E-state index contributed by atoms with van der Waals surface area (Å²) in [4.78, 5) is 10.1. The first-order chi connectivity index (χ1) is 6.02. The molecule has 0 aromatic rings. The molecule has 74 valence electrons. The minimum atomic E-state index is -0.721. The van der Waals surface area contributed by atoms with Crippen LogP contribution < -0.4 is 0 Å². The molecular weight excluding hydrogens is 172 g/mol. The van der Waals surface area contributed by atoms with E-state index in [0.717, 1.165) is 0 Å². The van der Waals surface area contributed by atoms with Crippen molar-refractivity contribution >= 4 is 5.71 Å². The maximum atomic E-state index is 10.4. The van der Waals surface area contributed by atoms with Crippen molar-refractivity contribution in [3.8, 4) is 0 Å². The predicted octanol–water partition coefficient (Wildman–Crippen LogP) is 1.84. The zero-order valence-corrected chi connectivity index (χ0v) is 8.02. The molecule has 0 fully saturated rings.